The Morgan fingerprint density at radius 1 is 1.47 bits per heavy atom. The van der Waals surface area contributed by atoms with E-state index in [1.54, 1.807) is 12.1 Å². The summed E-state index contributed by atoms with van der Waals surface area (Å²) in [7, 11) is 0. The molecule has 0 spiro atoms. The third-order valence-electron chi connectivity index (χ3n) is 2.38. The van der Waals surface area contributed by atoms with Gasteiger partial charge in [0.2, 0.25) is 0 Å². The summed E-state index contributed by atoms with van der Waals surface area (Å²) >= 11 is 0.983. The molecule has 0 aliphatic rings. The number of nitrogens with two attached hydrogens (primary N) is 1. The lowest BCUT2D eigenvalue weighted by Gasteiger charge is -2.19. The van der Waals surface area contributed by atoms with Gasteiger partial charge in [0, 0.05) is 23.9 Å². The molecule has 0 heterocycles. The maximum Gasteiger partial charge on any atom is 0.185 e. The minimum Gasteiger partial charge on any atom is -0.398 e. The monoisotopic (exact) mass is 255 g/mol. The van der Waals surface area contributed by atoms with Crippen molar-refractivity contribution in [2.24, 2.45) is 0 Å². The molecular weight excluding hydrogens is 238 g/mol. The van der Waals surface area contributed by atoms with E-state index in [9.17, 15) is 15.0 Å². The Balaban J connectivity index is 2.77. The second-order valence-corrected chi connectivity index (χ2v) is 5.14. The van der Waals surface area contributed by atoms with Crippen LogP contribution in [-0.2, 0) is 4.79 Å². The maximum absolute atomic E-state index is 10.8. The predicted octanol–water partition coefficient (Wildman–Crippen LogP) is 1.25. The van der Waals surface area contributed by atoms with Crippen LogP contribution in [0.3, 0.4) is 0 Å². The normalized spacial score (nSPS) is 14.4. The Kier molecular flexibility index (Phi) is 4.99. The van der Waals surface area contributed by atoms with Crippen molar-refractivity contribution >= 4 is 22.6 Å². The smallest absolute Gasteiger partial charge is 0.185 e. The van der Waals surface area contributed by atoms with Crippen molar-refractivity contribution in [3.8, 4) is 0 Å². The third-order valence-corrected chi connectivity index (χ3v) is 3.30. The summed E-state index contributed by atoms with van der Waals surface area (Å²) in [6.07, 6.45) is -2.07. The van der Waals surface area contributed by atoms with Crippen molar-refractivity contribution in [1.29, 1.82) is 0 Å². The highest BCUT2D eigenvalue weighted by molar-refractivity contribution is 8.13. The number of benzene rings is 1. The zero-order valence-electron chi connectivity index (χ0n) is 9.88. The van der Waals surface area contributed by atoms with Gasteiger partial charge in [-0.05, 0) is 13.0 Å². The highest BCUT2D eigenvalue weighted by Gasteiger charge is 2.21. The summed E-state index contributed by atoms with van der Waals surface area (Å²) in [6, 6.07) is 5.27. The van der Waals surface area contributed by atoms with E-state index >= 15 is 0 Å². The van der Waals surface area contributed by atoms with Crippen molar-refractivity contribution in [2.45, 2.75) is 26.1 Å². The summed E-state index contributed by atoms with van der Waals surface area (Å²) in [5.41, 5.74) is 7.64. The maximum atomic E-state index is 10.8. The fourth-order valence-corrected chi connectivity index (χ4v) is 2.04. The minimum absolute atomic E-state index is 0.0894. The lowest BCUT2D eigenvalue weighted by Crippen LogP contribution is -2.22. The predicted molar refractivity (Wildman–Crippen MR) is 69.7 cm³/mol. The second-order valence-electron chi connectivity index (χ2n) is 3.95. The molecular formula is C12H17NO3S. The zero-order valence-corrected chi connectivity index (χ0v) is 10.7. The molecule has 0 aliphatic carbocycles. The number of thioether (sulfide) groups is 1. The van der Waals surface area contributed by atoms with Crippen LogP contribution in [0.2, 0.25) is 0 Å². The van der Waals surface area contributed by atoms with E-state index in [2.05, 4.69) is 0 Å². The molecule has 4 N–H and O–H groups in total. The quantitative estimate of drug-likeness (QED) is 0.705. The van der Waals surface area contributed by atoms with Gasteiger partial charge in [0.05, 0.1) is 6.10 Å². The fraction of sp³-hybridized carbons (Fsp3) is 0.417. The van der Waals surface area contributed by atoms with Crippen LogP contribution in [0.1, 0.15) is 24.2 Å². The van der Waals surface area contributed by atoms with E-state index in [4.69, 9.17) is 5.73 Å². The van der Waals surface area contributed by atoms with Gasteiger partial charge in [-0.1, -0.05) is 29.5 Å². The van der Waals surface area contributed by atoms with Crippen LogP contribution in [0.4, 0.5) is 5.69 Å². The number of rotatable bonds is 4. The van der Waals surface area contributed by atoms with Gasteiger partial charge in [-0.3, -0.25) is 4.79 Å². The van der Waals surface area contributed by atoms with Gasteiger partial charge in [0.1, 0.15) is 6.10 Å². The van der Waals surface area contributed by atoms with Gasteiger partial charge in [-0.25, -0.2) is 0 Å². The number of aryl methyl sites for hydroxylation is 1. The number of anilines is 1. The number of carbonyl (C=O) groups is 1. The SMILES string of the molecule is CC(=O)SCC(O)C(O)c1cc(C)ccc1N. The Morgan fingerprint density at radius 3 is 2.71 bits per heavy atom. The zero-order chi connectivity index (χ0) is 13.0. The molecule has 5 heteroatoms. The van der Waals surface area contributed by atoms with E-state index in [-0.39, 0.29) is 10.9 Å². The minimum atomic E-state index is -1.07. The van der Waals surface area contributed by atoms with Crippen molar-refractivity contribution in [3.05, 3.63) is 29.3 Å². The second kappa shape index (κ2) is 6.05. The Bertz CT molecular complexity index is 409. The first-order valence-corrected chi connectivity index (χ1v) is 6.26. The summed E-state index contributed by atoms with van der Waals surface area (Å²) < 4.78 is 0. The number of aliphatic hydroxyl groups is 2. The third kappa shape index (κ3) is 4.03. The fourth-order valence-electron chi connectivity index (χ4n) is 1.45. The van der Waals surface area contributed by atoms with E-state index in [0.717, 1.165) is 17.3 Å². The van der Waals surface area contributed by atoms with E-state index in [0.29, 0.717) is 11.3 Å². The summed E-state index contributed by atoms with van der Waals surface area (Å²) in [4.78, 5) is 10.8. The molecule has 0 aromatic heterocycles. The van der Waals surface area contributed by atoms with Crippen LogP contribution in [-0.4, -0.2) is 27.2 Å². The first-order chi connectivity index (χ1) is 7.91. The lowest BCUT2D eigenvalue weighted by molar-refractivity contribution is -0.109. The molecule has 1 rings (SSSR count). The van der Waals surface area contributed by atoms with Crippen LogP contribution >= 0.6 is 11.8 Å². The molecule has 0 bridgehead atoms. The Hall–Kier alpha value is -1.04. The van der Waals surface area contributed by atoms with Crippen molar-refractivity contribution in [3.63, 3.8) is 0 Å². The van der Waals surface area contributed by atoms with E-state index < -0.39 is 12.2 Å². The molecule has 1 aromatic carbocycles. The summed E-state index contributed by atoms with van der Waals surface area (Å²) in [6.45, 7) is 3.30. The number of carbonyl (C=O) groups excluding carboxylic acids is 1. The molecule has 0 fully saturated rings. The molecule has 0 saturated heterocycles. The Labute approximate surface area is 105 Å². The number of aliphatic hydroxyl groups excluding tert-OH is 2. The lowest BCUT2D eigenvalue weighted by atomic mass is 10.0. The van der Waals surface area contributed by atoms with Crippen molar-refractivity contribution in [2.75, 3.05) is 11.5 Å². The molecule has 0 radical (unpaired) electrons. The molecule has 2 unspecified atom stereocenters. The molecule has 4 nitrogen and oxygen atoms in total. The average molecular weight is 255 g/mol. The molecule has 1 aromatic rings. The van der Waals surface area contributed by atoms with Crippen LogP contribution in [0.25, 0.3) is 0 Å². The van der Waals surface area contributed by atoms with E-state index in [1.165, 1.54) is 6.92 Å². The highest BCUT2D eigenvalue weighted by Crippen LogP contribution is 2.26. The van der Waals surface area contributed by atoms with Crippen molar-refractivity contribution in [1.82, 2.24) is 0 Å². The molecule has 94 valence electrons. The molecule has 2 atom stereocenters. The number of hydrogen-bond acceptors (Lipinski definition) is 5. The standard InChI is InChI=1S/C12H17NO3S/c1-7-3-4-10(13)9(5-7)12(16)11(15)6-17-8(2)14/h3-5,11-12,15-16H,6,13H2,1-2H3. The van der Waals surface area contributed by atoms with Gasteiger partial charge in [0.15, 0.2) is 5.12 Å². The highest BCUT2D eigenvalue weighted by atomic mass is 32.2. The van der Waals surface area contributed by atoms with Crippen LogP contribution in [0.5, 0.6) is 0 Å². The van der Waals surface area contributed by atoms with Gasteiger partial charge >= 0.3 is 0 Å². The van der Waals surface area contributed by atoms with Crippen LogP contribution in [0.15, 0.2) is 18.2 Å². The first-order valence-electron chi connectivity index (χ1n) is 5.27. The molecule has 0 amide bonds. The van der Waals surface area contributed by atoms with Gasteiger partial charge in [-0.2, -0.15) is 0 Å². The summed E-state index contributed by atoms with van der Waals surface area (Å²) in [5, 5.41) is 19.6. The van der Waals surface area contributed by atoms with Crippen LogP contribution < -0.4 is 5.73 Å². The summed E-state index contributed by atoms with van der Waals surface area (Å²) in [5.74, 6) is 0.157. The molecule has 0 saturated carbocycles. The van der Waals surface area contributed by atoms with Gasteiger partial charge < -0.3 is 15.9 Å². The largest absolute Gasteiger partial charge is 0.398 e. The average Bonchev–Trinajstić information content (AvgIpc) is 2.28. The topological polar surface area (TPSA) is 83.5 Å². The van der Waals surface area contributed by atoms with Gasteiger partial charge in [-0.15, -0.1) is 0 Å². The molecule has 17 heavy (non-hydrogen) atoms. The number of hydrogen-bond donors (Lipinski definition) is 3. The van der Waals surface area contributed by atoms with Gasteiger partial charge in [0.25, 0.3) is 0 Å². The van der Waals surface area contributed by atoms with Crippen LogP contribution in [0, 0.1) is 6.92 Å². The van der Waals surface area contributed by atoms with Crippen molar-refractivity contribution < 1.29 is 15.0 Å². The first kappa shape index (κ1) is 14.0. The molecule has 0 aliphatic heterocycles. The number of nitrogen functional groups attached to an aromatic ring is 1. The Morgan fingerprint density at radius 2 is 2.12 bits per heavy atom. The van der Waals surface area contributed by atoms with E-state index in [1.807, 2.05) is 13.0 Å².